The lowest BCUT2D eigenvalue weighted by molar-refractivity contribution is -0.141. The summed E-state index contributed by atoms with van der Waals surface area (Å²) in [4.78, 5) is 8.13. The van der Waals surface area contributed by atoms with Crippen LogP contribution in [0.5, 0.6) is 0 Å². The van der Waals surface area contributed by atoms with Crippen molar-refractivity contribution in [3.63, 3.8) is 0 Å². The van der Waals surface area contributed by atoms with Crippen molar-refractivity contribution >= 4 is 21.5 Å². The number of rotatable bonds is 4. The first-order valence-electron chi connectivity index (χ1n) is 9.54. The van der Waals surface area contributed by atoms with E-state index in [1.165, 1.54) is 30.3 Å². The summed E-state index contributed by atoms with van der Waals surface area (Å²) in [5.41, 5.74) is -1.86. The van der Waals surface area contributed by atoms with Crippen molar-refractivity contribution in [2.24, 2.45) is 0 Å². The first-order chi connectivity index (χ1) is 16.2. The van der Waals surface area contributed by atoms with Crippen LogP contribution in [0.2, 0.25) is 0 Å². The highest BCUT2D eigenvalue weighted by molar-refractivity contribution is 7.88. The topological polar surface area (TPSA) is 80.2 Å². The zero-order valence-corrected chi connectivity index (χ0v) is 18.7. The normalized spacial score (nSPS) is 12.7. The summed E-state index contributed by atoms with van der Waals surface area (Å²) in [6.07, 6.45) is -9.46. The monoisotopic (exact) mass is 530 g/mol. The molecule has 2 aromatic heterocycles. The van der Waals surface area contributed by atoms with Crippen LogP contribution in [0.3, 0.4) is 0 Å². The maximum Gasteiger partial charge on any atom is 0.433 e. The zero-order chi connectivity index (χ0) is 25.6. The van der Waals surface area contributed by atoms with Crippen LogP contribution < -0.4 is 0 Å². The molecule has 1 N–H and O–H groups in total. The average Bonchev–Trinajstić information content (AvgIpc) is 3.29. The number of hydrogen-bond acceptors (Lipinski definition) is 5. The molecule has 182 valence electrons. The van der Waals surface area contributed by atoms with Gasteiger partial charge in [0.15, 0.2) is 5.82 Å². The van der Waals surface area contributed by atoms with Crippen LogP contribution in [0.15, 0.2) is 70.9 Å². The minimum atomic E-state index is -4.85. The number of aromatic nitrogens is 2. The van der Waals surface area contributed by atoms with Crippen molar-refractivity contribution in [2.45, 2.75) is 16.6 Å². The highest BCUT2D eigenvalue weighted by atomic mass is 32.3. The lowest BCUT2D eigenvalue weighted by atomic mass is 10.1. The van der Waals surface area contributed by atoms with Crippen molar-refractivity contribution in [2.75, 3.05) is 0 Å². The van der Waals surface area contributed by atoms with Gasteiger partial charge in [0.1, 0.15) is 9.90 Å². The molecule has 0 aliphatic heterocycles. The Morgan fingerprint density at radius 1 is 0.743 bits per heavy atom. The Morgan fingerprint density at radius 3 is 1.97 bits per heavy atom. The molecular formula is C22H12F6N2O3S2. The number of halogens is 6. The van der Waals surface area contributed by atoms with Crippen LogP contribution in [0.1, 0.15) is 11.3 Å². The van der Waals surface area contributed by atoms with Gasteiger partial charge in [-0.3, -0.25) is 4.55 Å². The number of thiophene rings is 1. The minimum absolute atomic E-state index is 0.0272. The van der Waals surface area contributed by atoms with Crippen molar-refractivity contribution in [1.82, 2.24) is 9.97 Å². The average molecular weight is 530 g/mol. The lowest BCUT2D eigenvalue weighted by Crippen LogP contribution is -2.10. The zero-order valence-electron chi connectivity index (χ0n) is 17.1. The molecule has 13 heteroatoms. The van der Waals surface area contributed by atoms with E-state index in [0.29, 0.717) is 16.5 Å². The van der Waals surface area contributed by atoms with E-state index in [9.17, 15) is 39.3 Å². The molecule has 0 fully saturated rings. The third-order valence-electron chi connectivity index (χ3n) is 4.77. The maximum atomic E-state index is 13.5. The van der Waals surface area contributed by atoms with Gasteiger partial charge in [0.2, 0.25) is 0 Å². The smallest absolute Gasteiger partial charge is 0.281 e. The SMILES string of the molecule is O=S(=O)(O)c1ccc(-c2cccc(-c3nc(-c4ccc(C(F)(F)F)cc4)cc(C(F)(F)F)n3)c2)s1. The summed E-state index contributed by atoms with van der Waals surface area (Å²) in [6, 6.07) is 12.7. The number of alkyl halides is 6. The van der Waals surface area contributed by atoms with Crippen LogP contribution >= 0.6 is 11.3 Å². The fourth-order valence-electron chi connectivity index (χ4n) is 3.12. The molecule has 5 nitrogen and oxygen atoms in total. The quantitative estimate of drug-likeness (QED) is 0.231. The van der Waals surface area contributed by atoms with E-state index < -0.39 is 33.7 Å². The largest absolute Gasteiger partial charge is 0.433 e. The van der Waals surface area contributed by atoms with Crippen LogP contribution in [-0.2, 0) is 22.5 Å². The van der Waals surface area contributed by atoms with Crippen LogP contribution in [0.25, 0.3) is 33.1 Å². The molecule has 2 heterocycles. The Kier molecular flexibility index (Phi) is 6.19. The predicted molar refractivity (Wildman–Crippen MR) is 116 cm³/mol. The molecule has 0 saturated heterocycles. The molecule has 4 rings (SSSR count). The summed E-state index contributed by atoms with van der Waals surface area (Å²) in [5.74, 6) is -0.330. The number of benzene rings is 2. The van der Waals surface area contributed by atoms with E-state index in [1.54, 1.807) is 6.07 Å². The molecule has 0 unspecified atom stereocenters. The Hall–Kier alpha value is -3.29. The van der Waals surface area contributed by atoms with Gasteiger partial charge in [0.25, 0.3) is 0 Å². The lowest BCUT2D eigenvalue weighted by Gasteiger charge is -2.12. The summed E-state index contributed by atoms with van der Waals surface area (Å²) >= 11 is 0.757. The van der Waals surface area contributed by atoms with Crippen LogP contribution in [-0.4, -0.2) is 22.9 Å². The first-order valence-corrected chi connectivity index (χ1v) is 11.8. The Labute approximate surface area is 198 Å². The van der Waals surface area contributed by atoms with Gasteiger partial charge in [0, 0.05) is 16.0 Å². The fraction of sp³-hybridized carbons (Fsp3) is 0.0909. The minimum Gasteiger partial charge on any atom is -0.281 e. The first kappa shape index (κ1) is 24.8. The molecule has 0 bridgehead atoms. The molecular weight excluding hydrogens is 518 g/mol. The van der Waals surface area contributed by atoms with Gasteiger partial charge in [-0.1, -0.05) is 30.3 Å². The Bertz CT molecular complexity index is 1490. The van der Waals surface area contributed by atoms with E-state index in [4.69, 9.17) is 0 Å². The van der Waals surface area contributed by atoms with E-state index >= 15 is 0 Å². The maximum absolute atomic E-state index is 13.5. The molecule has 35 heavy (non-hydrogen) atoms. The van der Waals surface area contributed by atoms with Crippen molar-refractivity contribution in [1.29, 1.82) is 0 Å². The summed E-state index contributed by atoms with van der Waals surface area (Å²) in [7, 11) is -4.42. The highest BCUT2D eigenvalue weighted by Crippen LogP contribution is 2.36. The molecule has 0 radical (unpaired) electrons. The predicted octanol–water partition coefficient (Wildman–Crippen LogP) is 6.82. The van der Waals surface area contributed by atoms with E-state index in [1.807, 2.05) is 0 Å². The van der Waals surface area contributed by atoms with E-state index in [2.05, 4.69) is 9.97 Å². The molecule has 4 aromatic rings. The molecule has 0 atom stereocenters. The third kappa shape index (κ3) is 5.52. The molecule has 0 saturated carbocycles. The van der Waals surface area contributed by atoms with Crippen LogP contribution in [0.4, 0.5) is 26.3 Å². The summed E-state index contributed by atoms with van der Waals surface area (Å²) < 4.78 is 111. The standard InChI is InChI=1S/C22H12F6N2O3S2/c23-21(24,25)15-6-4-12(5-7-15)16-11-18(22(26,27)28)30-20(29-16)14-3-1-2-13(10-14)17-8-9-19(34-17)35(31,32)33/h1-11H,(H,31,32,33). The van der Waals surface area contributed by atoms with Crippen molar-refractivity contribution < 1.29 is 39.3 Å². The third-order valence-corrected chi connectivity index (χ3v) is 7.22. The van der Waals surface area contributed by atoms with Gasteiger partial charge in [0.05, 0.1) is 11.3 Å². The number of nitrogens with zero attached hydrogens (tertiary/aromatic N) is 2. The highest BCUT2D eigenvalue weighted by Gasteiger charge is 2.34. The van der Waals surface area contributed by atoms with Gasteiger partial charge >= 0.3 is 22.5 Å². The van der Waals surface area contributed by atoms with E-state index in [0.717, 1.165) is 35.6 Å². The van der Waals surface area contributed by atoms with Crippen molar-refractivity contribution in [3.05, 3.63) is 78.0 Å². The summed E-state index contributed by atoms with van der Waals surface area (Å²) in [5, 5.41) is 0. The fourth-order valence-corrected chi connectivity index (χ4v) is 4.79. The molecule has 0 aliphatic rings. The molecule has 2 aromatic carbocycles. The van der Waals surface area contributed by atoms with E-state index in [-0.39, 0.29) is 26.9 Å². The Balaban J connectivity index is 1.80. The second-order valence-corrected chi connectivity index (χ2v) is 9.94. The second kappa shape index (κ2) is 8.73. The van der Waals surface area contributed by atoms with Gasteiger partial charge < -0.3 is 0 Å². The Morgan fingerprint density at radius 2 is 1.40 bits per heavy atom. The second-order valence-electron chi connectivity index (χ2n) is 7.21. The van der Waals surface area contributed by atoms with Gasteiger partial charge in [-0.2, -0.15) is 34.8 Å². The molecule has 0 aliphatic carbocycles. The number of hydrogen-bond donors (Lipinski definition) is 1. The van der Waals surface area contributed by atoms with Gasteiger partial charge in [-0.15, -0.1) is 11.3 Å². The summed E-state index contributed by atoms with van der Waals surface area (Å²) in [6.45, 7) is 0. The molecule has 0 amide bonds. The van der Waals surface area contributed by atoms with Crippen molar-refractivity contribution in [3.8, 4) is 33.1 Å². The van der Waals surface area contributed by atoms with Gasteiger partial charge in [-0.05, 0) is 42.0 Å². The van der Waals surface area contributed by atoms with Crippen LogP contribution in [0, 0.1) is 0 Å². The van der Waals surface area contributed by atoms with Gasteiger partial charge in [-0.25, -0.2) is 9.97 Å². The molecule has 0 spiro atoms.